The first kappa shape index (κ1) is 21.2. The van der Waals surface area contributed by atoms with Crippen molar-refractivity contribution in [2.75, 3.05) is 5.32 Å². The number of nitro benzene ring substituents is 1. The Morgan fingerprint density at radius 3 is 2.81 bits per heavy atom. The number of thioether (sulfide) groups is 1. The van der Waals surface area contributed by atoms with Crippen LogP contribution in [0.4, 0.5) is 11.4 Å². The Morgan fingerprint density at radius 1 is 1.28 bits per heavy atom. The zero-order valence-corrected chi connectivity index (χ0v) is 17.8. The summed E-state index contributed by atoms with van der Waals surface area (Å²) in [6, 6.07) is 12.8. The van der Waals surface area contributed by atoms with Gasteiger partial charge in [0, 0.05) is 24.4 Å². The number of nitrogens with one attached hydrogen (secondary N) is 1. The summed E-state index contributed by atoms with van der Waals surface area (Å²) >= 11 is 1.17. The molecule has 1 atom stereocenters. The van der Waals surface area contributed by atoms with Crippen LogP contribution < -0.4 is 10.9 Å². The van der Waals surface area contributed by atoms with Crippen molar-refractivity contribution < 1.29 is 9.72 Å². The summed E-state index contributed by atoms with van der Waals surface area (Å²) < 4.78 is 3.21. The smallest absolute Gasteiger partial charge is 0.271 e. The van der Waals surface area contributed by atoms with Gasteiger partial charge in [-0.05, 0) is 25.1 Å². The molecular formula is C21H18N6O4S. The van der Waals surface area contributed by atoms with Crippen LogP contribution in [0, 0.1) is 10.1 Å². The number of benzene rings is 2. The number of para-hydroxylation sites is 1. The number of carbonyl (C=O) groups is 1. The van der Waals surface area contributed by atoms with Crippen molar-refractivity contribution in [2.45, 2.75) is 23.9 Å². The molecule has 0 saturated heterocycles. The number of carbonyl (C=O) groups excluding carboxylic acids is 1. The lowest BCUT2D eigenvalue weighted by Gasteiger charge is -2.12. The highest BCUT2D eigenvalue weighted by molar-refractivity contribution is 8.00. The van der Waals surface area contributed by atoms with Crippen LogP contribution in [-0.4, -0.2) is 35.2 Å². The summed E-state index contributed by atoms with van der Waals surface area (Å²) in [4.78, 5) is 36.0. The Balaban J connectivity index is 1.68. The normalized spacial score (nSPS) is 12.0. The summed E-state index contributed by atoms with van der Waals surface area (Å²) in [5.74, 6) is -0.00152. The van der Waals surface area contributed by atoms with Gasteiger partial charge >= 0.3 is 0 Å². The van der Waals surface area contributed by atoms with Crippen LogP contribution in [0.2, 0.25) is 0 Å². The maximum Gasteiger partial charge on any atom is 0.271 e. The van der Waals surface area contributed by atoms with Gasteiger partial charge in [0.1, 0.15) is 0 Å². The van der Waals surface area contributed by atoms with Crippen molar-refractivity contribution in [3.63, 3.8) is 0 Å². The number of hydrogen-bond acceptors (Lipinski definition) is 7. The molecule has 1 amide bonds. The predicted molar refractivity (Wildman–Crippen MR) is 122 cm³/mol. The van der Waals surface area contributed by atoms with E-state index in [9.17, 15) is 19.7 Å². The molecule has 11 heteroatoms. The summed E-state index contributed by atoms with van der Waals surface area (Å²) in [5.41, 5.74) is 0.645. The number of rotatable bonds is 7. The first-order valence-corrected chi connectivity index (χ1v) is 10.5. The maximum atomic E-state index is 12.9. The minimum atomic E-state index is -0.597. The zero-order chi connectivity index (χ0) is 22.8. The molecule has 2 aromatic heterocycles. The Hall–Kier alpha value is -3.99. The van der Waals surface area contributed by atoms with E-state index in [2.05, 4.69) is 22.1 Å². The van der Waals surface area contributed by atoms with Crippen molar-refractivity contribution in [1.29, 1.82) is 0 Å². The fourth-order valence-corrected chi connectivity index (χ4v) is 4.11. The van der Waals surface area contributed by atoms with Crippen molar-refractivity contribution in [1.82, 2.24) is 19.2 Å². The van der Waals surface area contributed by atoms with E-state index in [1.165, 1.54) is 34.5 Å². The number of anilines is 1. The third-order valence-corrected chi connectivity index (χ3v) is 5.81. The fraction of sp³-hybridized carbons (Fsp3) is 0.143. The van der Waals surface area contributed by atoms with Crippen molar-refractivity contribution >= 4 is 45.7 Å². The third-order valence-electron chi connectivity index (χ3n) is 4.77. The molecular weight excluding hydrogens is 432 g/mol. The molecule has 2 heterocycles. The average molecular weight is 450 g/mol. The van der Waals surface area contributed by atoms with Gasteiger partial charge in [0.25, 0.3) is 11.2 Å². The van der Waals surface area contributed by atoms with Crippen LogP contribution in [0.25, 0.3) is 16.7 Å². The van der Waals surface area contributed by atoms with Crippen molar-refractivity contribution in [3.05, 3.63) is 81.7 Å². The first-order valence-electron chi connectivity index (χ1n) is 9.60. The number of nitrogens with zero attached hydrogens (tertiary/aromatic N) is 5. The monoisotopic (exact) mass is 450 g/mol. The van der Waals surface area contributed by atoms with Crippen LogP contribution in [0.5, 0.6) is 0 Å². The lowest BCUT2D eigenvalue weighted by atomic mass is 10.2. The quantitative estimate of drug-likeness (QED) is 0.198. The van der Waals surface area contributed by atoms with Crippen LogP contribution >= 0.6 is 11.8 Å². The van der Waals surface area contributed by atoms with Gasteiger partial charge in [-0.2, -0.15) is 0 Å². The van der Waals surface area contributed by atoms with E-state index in [4.69, 9.17) is 0 Å². The molecule has 0 spiro atoms. The largest absolute Gasteiger partial charge is 0.325 e. The molecule has 0 aliphatic rings. The Morgan fingerprint density at radius 2 is 2.06 bits per heavy atom. The number of fused-ring (bicyclic) bond motifs is 3. The second kappa shape index (κ2) is 8.63. The predicted octanol–water partition coefficient (Wildman–Crippen LogP) is 3.26. The second-order valence-corrected chi connectivity index (χ2v) is 8.20. The molecule has 4 rings (SSSR count). The van der Waals surface area contributed by atoms with Crippen LogP contribution in [0.15, 0.2) is 71.1 Å². The average Bonchev–Trinajstić information content (AvgIpc) is 3.20. The topological polar surface area (TPSA) is 124 Å². The molecule has 0 aliphatic heterocycles. The number of allylic oxidation sites excluding steroid dienone is 1. The van der Waals surface area contributed by atoms with Crippen LogP contribution in [-0.2, 0) is 11.3 Å². The van der Waals surface area contributed by atoms with Crippen LogP contribution in [0.3, 0.4) is 0 Å². The molecule has 32 heavy (non-hydrogen) atoms. The first-order chi connectivity index (χ1) is 15.4. The molecule has 0 fully saturated rings. The molecule has 0 aliphatic carbocycles. The summed E-state index contributed by atoms with van der Waals surface area (Å²) in [5, 5.41) is 22.4. The summed E-state index contributed by atoms with van der Waals surface area (Å²) in [6.45, 7) is 5.66. The van der Waals surface area contributed by atoms with E-state index in [1.54, 1.807) is 41.7 Å². The fourth-order valence-electron chi connectivity index (χ4n) is 3.26. The number of aromatic nitrogens is 4. The molecule has 162 valence electrons. The molecule has 1 unspecified atom stereocenters. The molecule has 0 saturated carbocycles. The van der Waals surface area contributed by atoms with Gasteiger partial charge in [0.15, 0.2) is 5.16 Å². The van der Waals surface area contributed by atoms with E-state index < -0.39 is 10.2 Å². The van der Waals surface area contributed by atoms with Crippen molar-refractivity contribution in [2.24, 2.45) is 0 Å². The number of non-ortho nitro benzene ring substituents is 1. The third kappa shape index (κ3) is 3.85. The van der Waals surface area contributed by atoms with E-state index >= 15 is 0 Å². The lowest BCUT2D eigenvalue weighted by Crippen LogP contribution is -2.24. The standard InChI is InChI=1S/C21H18N6O4S/c1-3-11-25-19(29)16-9-4-5-10-17(16)26-20(25)23-24-21(26)32-13(2)18(28)22-14-7-6-8-15(12-14)27(30)31/h3-10,12-13H,1,11H2,2H3,(H,22,28). The number of hydrogen-bond donors (Lipinski definition) is 1. The van der Waals surface area contributed by atoms with Crippen LogP contribution in [0.1, 0.15) is 6.92 Å². The van der Waals surface area contributed by atoms with Gasteiger partial charge < -0.3 is 5.32 Å². The van der Waals surface area contributed by atoms with Gasteiger partial charge in [-0.1, -0.05) is 36.0 Å². The molecule has 1 N–H and O–H groups in total. The van der Waals surface area contributed by atoms with Gasteiger partial charge in [-0.25, -0.2) is 0 Å². The van der Waals surface area contributed by atoms with E-state index in [0.717, 1.165) is 0 Å². The number of nitro groups is 1. The molecule has 0 radical (unpaired) electrons. The van der Waals surface area contributed by atoms with Gasteiger partial charge in [0.2, 0.25) is 11.7 Å². The number of amides is 1. The zero-order valence-electron chi connectivity index (χ0n) is 17.0. The van der Waals surface area contributed by atoms with E-state index in [-0.39, 0.29) is 23.7 Å². The summed E-state index contributed by atoms with van der Waals surface area (Å²) in [6.07, 6.45) is 1.60. The Kier molecular flexibility index (Phi) is 5.73. The van der Waals surface area contributed by atoms with Crippen molar-refractivity contribution in [3.8, 4) is 0 Å². The molecule has 10 nitrogen and oxygen atoms in total. The van der Waals surface area contributed by atoms with E-state index in [0.29, 0.717) is 27.5 Å². The lowest BCUT2D eigenvalue weighted by molar-refractivity contribution is -0.384. The highest BCUT2D eigenvalue weighted by Crippen LogP contribution is 2.26. The van der Waals surface area contributed by atoms with Gasteiger partial charge in [0.05, 0.1) is 21.1 Å². The highest BCUT2D eigenvalue weighted by atomic mass is 32.2. The minimum Gasteiger partial charge on any atom is -0.325 e. The molecule has 4 aromatic rings. The molecule has 0 bridgehead atoms. The maximum absolute atomic E-state index is 12.9. The molecule has 2 aromatic carbocycles. The Labute approximate surface area is 185 Å². The summed E-state index contributed by atoms with van der Waals surface area (Å²) in [7, 11) is 0. The second-order valence-electron chi connectivity index (χ2n) is 6.90. The van der Waals surface area contributed by atoms with Gasteiger partial charge in [-0.3, -0.25) is 28.7 Å². The highest BCUT2D eigenvalue weighted by Gasteiger charge is 2.22. The Bertz CT molecular complexity index is 1430. The van der Waals surface area contributed by atoms with E-state index in [1.807, 2.05) is 6.07 Å². The minimum absolute atomic E-state index is 0.113. The van der Waals surface area contributed by atoms with Gasteiger partial charge in [-0.15, -0.1) is 16.8 Å². The SMILES string of the molecule is C=CCn1c(=O)c2ccccc2n2c(SC(C)C(=O)Nc3cccc([N+](=O)[O-])c3)nnc12.